The van der Waals surface area contributed by atoms with Gasteiger partial charge >= 0.3 is 0 Å². The van der Waals surface area contributed by atoms with Gasteiger partial charge < -0.3 is 0 Å². The molecule has 6 heteroatoms. The monoisotopic (exact) mass is 313 g/mol. The van der Waals surface area contributed by atoms with Crippen LogP contribution < -0.4 is 4.72 Å². The fourth-order valence-electron chi connectivity index (χ4n) is 1.78. The van der Waals surface area contributed by atoms with Gasteiger partial charge in [-0.25, -0.2) is 17.5 Å². The number of hydrogen-bond donors (Lipinski definition) is 1. The summed E-state index contributed by atoms with van der Waals surface area (Å²) in [7, 11) is -3.25. The zero-order chi connectivity index (χ0) is 14.8. The van der Waals surface area contributed by atoms with E-state index in [1.807, 2.05) is 0 Å². The molecule has 20 heavy (non-hydrogen) atoms. The van der Waals surface area contributed by atoms with Gasteiger partial charge in [0.2, 0.25) is 10.0 Å². The molecule has 0 amide bonds. The van der Waals surface area contributed by atoms with Gasteiger partial charge in [-0.3, -0.25) is 0 Å². The summed E-state index contributed by atoms with van der Waals surface area (Å²) >= 11 is 6.05. The van der Waals surface area contributed by atoms with Crippen molar-refractivity contribution in [2.75, 3.05) is 6.26 Å². The summed E-state index contributed by atoms with van der Waals surface area (Å²) in [5.41, 5.74) is 2.09. The maximum Gasteiger partial charge on any atom is 0.209 e. The van der Waals surface area contributed by atoms with Crippen LogP contribution in [0.1, 0.15) is 5.56 Å². The number of halogens is 2. The maximum absolute atomic E-state index is 13.3. The quantitative estimate of drug-likeness (QED) is 0.942. The van der Waals surface area contributed by atoms with Crippen molar-refractivity contribution in [2.24, 2.45) is 0 Å². The van der Waals surface area contributed by atoms with E-state index < -0.39 is 10.0 Å². The minimum Gasteiger partial charge on any atom is -0.213 e. The van der Waals surface area contributed by atoms with Crippen molar-refractivity contribution in [3.8, 4) is 11.1 Å². The lowest BCUT2D eigenvalue weighted by atomic mass is 10.0. The summed E-state index contributed by atoms with van der Waals surface area (Å²) < 4.78 is 37.8. The first-order chi connectivity index (χ1) is 9.35. The van der Waals surface area contributed by atoms with Crippen molar-refractivity contribution < 1.29 is 12.8 Å². The number of benzene rings is 2. The largest absolute Gasteiger partial charge is 0.213 e. The maximum atomic E-state index is 13.3. The van der Waals surface area contributed by atoms with E-state index in [-0.39, 0.29) is 12.4 Å². The van der Waals surface area contributed by atoms with Gasteiger partial charge in [-0.1, -0.05) is 29.8 Å². The number of nitrogens with one attached hydrogen (secondary N) is 1. The molecule has 3 nitrogen and oxygen atoms in total. The highest BCUT2D eigenvalue weighted by atomic mass is 35.5. The third kappa shape index (κ3) is 4.03. The highest BCUT2D eigenvalue weighted by Gasteiger charge is 2.07. The Kier molecular flexibility index (Phi) is 4.42. The molecule has 0 heterocycles. The Morgan fingerprint density at radius 1 is 1.20 bits per heavy atom. The molecule has 2 rings (SSSR count). The first kappa shape index (κ1) is 15.0. The van der Waals surface area contributed by atoms with Gasteiger partial charge in [0, 0.05) is 17.1 Å². The Labute approximate surface area is 122 Å². The molecular weight excluding hydrogens is 301 g/mol. The molecule has 0 saturated heterocycles. The summed E-state index contributed by atoms with van der Waals surface area (Å²) in [5, 5.41) is 0.444. The van der Waals surface area contributed by atoms with Gasteiger partial charge in [0.25, 0.3) is 0 Å². The Balaban J connectivity index is 2.32. The molecule has 0 bridgehead atoms. The highest BCUT2D eigenvalue weighted by molar-refractivity contribution is 7.88. The van der Waals surface area contributed by atoms with Crippen LogP contribution in [0.2, 0.25) is 5.02 Å². The fraction of sp³-hybridized carbons (Fsp3) is 0.143. The summed E-state index contributed by atoms with van der Waals surface area (Å²) in [6.45, 7) is 0.180. The topological polar surface area (TPSA) is 46.2 Å². The Bertz CT molecular complexity index is 732. The first-order valence-corrected chi connectivity index (χ1v) is 8.11. The van der Waals surface area contributed by atoms with E-state index in [4.69, 9.17) is 11.6 Å². The predicted molar refractivity (Wildman–Crippen MR) is 78.5 cm³/mol. The van der Waals surface area contributed by atoms with Crippen molar-refractivity contribution >= 4 is 21.6 Å². The van der Waals surface area contributed by atoms with E-state index in [9.17, 15) is 12.8 Å². The average Bonchev–Trinajstić information content (AvgIpc) is 2.39. The van der Waals surface area contributed by atoms with Crippen molar-refractivity contribution in [3.63, 3.8) is 0 Å². The molecule has 2 aromatic carbocycles. The second kappa shape index (κ2) is 5.91. The smallest absolute Gasteiger partial charge is 0.209 e. The highest BCUT2D eigenvalue weighted by Crippen LogP contribution is 2.29. The molecule has 0 aromatic heterocycles. The minimum absolute atomic E-state index is 0.180. The molecule has 0 spiro atoms. The van der Waals surface area contributed by atoms with Crippen LogP contribution in [-0.2, 0) is 16.6 Å². The SMILES string of the molecule is CS(=O)(=O)NCc1cccc(-c2cc(F)ccc2Cl)c1. The van der Waals surface area contributed by atoms with Gasteiger partial charge in [0.15, 0.2) is 0 Å². The molecule has 0 atom stereocenters. The Morgan fingerprint density at radius 3 is 2.65 bits per heavy atom. The van der Waals surface area contributed by atoms with Gasteiger partial charge in [0.05, 0.1) is 6.26 Å². The molecule has 2 aromatic rings. The molecule has 1 N–H and O–H groups in total. The van der Waals surface area contributed by atoms with Crippen LogP contribution in [0, 0.1) is 5.82 Å². The van der Waals surface area contributed by atoms with Crippen LogP contribution in [-0.4, -0.2) is 14.7 Å². The molecule has 0 aliphatic rings. The van der Waals surface area contributed by atoms with Crippen LogP contribution in [0.4, 0.5) is 4.39 Å². The summed E-state index contributed by atoms with van der Waals surface area (Å²) in [5.74, 6) is -0.371. The second-order valence-corrected chi connectivity index (χ2v) is 6.66. The summed E-state index contributed by atoms with van der Waals surface area (Å²) in [4.78, 5) is 0. The lowest BCUT2D eigenvalue weighted by Crippen LogP contribution is -2.21. The first-order valence-electron chi connectivity index (χ1n) is 5.84. The molecule has 106 valence electrons. The average molecular weight is 314 g/mol. The van der Waals surface area contributed by atoms with Crippen LogP contribution in [0.15, 0.2) is 42.5 Å². The molecular formula is C14H13ClFNO2S. The van der Waals surface area contributed by atoms with Crippen molar-refractivity contribution in [1.29, 1.82) is 0 Å². The number of rotatable bonds is 4. The third-order valence-electron chi connectivity index (χ3n) is 2.70. The minimum atomic E-state index is -3.25. The van der Waals surface area contributed by atoms with Crippen LogP contribution in [0.25, 0.3) is 11.1 Å². The number of hydrogen-bond acceptors (Lipinski definition) is 2. The van der Waals surface area contributed by atoms with Gasteiger partial charge in [-0.2, -0.15) is 0 Å². The van der Waals surface area contributed by atoms with Crippen LogP contribution >= 0.6 is 11.6 Å². The van der Waals surface area contributed by atoms with Crippen molar-refractivity contribution in [2.45, 2.75) is 6.54 Å². The third-order valence-corrected chi connectivity index (χ3v) is 3.70. The molecule has 0 aliphatic heterocycles. The molecule has 0 aliphatic carbocycles. The molecule has 0 unspecified atom stereocenters. The molecule has 0 saturated carbocycles. The normalized spacial score (nSPS) is 11.6. The van der Waals surface area contributed by atoms with Gasteiger partial charge in [0.1, 0.15) is 5.82 Å². The van der Waals surface area contributed by atoms with E-state index in [2.05, 4.69) is 4.72 Å². The van der Waals surface area contributed by atoms with Gasteiger partial charge in [-0.15, -0.1) is 0 Å². The summed E-state index contributed by atoms with van der Waals surface area (Å²) in [6, 6.07) is 11.3. The molecule has 0 radical (unpaired) electrons. The fourth-order valence-corrected chi connectivity index (χ4v) is 2.44. The molecule has 0 fully saturated rings. The van der Waals surface area contributed by atoms with E-state index >= 15 is 0 Å². The Hall–Kier alpha value is -1.43. The Morgan fingerprint density at radius 2 is 1.95 bits per heavy atom. The van der Waals surface area contributed by atoms with Crippen molar-refractivity contribution in [3.05, 3.63) is 58.9 Å². The van der Waals surface area contributed by atoms with E-state index in [1.54, 1.807) is 24.3 Å². The lowest BCUT2D eigenvalue weighted by Gasteiger charge is -2.08. The van der Waals surface area contributed by atoms with E-state index in [1.165, 1.54) is 18.2 Å². The number of sulfonamides is 1. The van der Waals surface area contributed by atoms with Crippen LogP contribution in [0.3, 0.4) is 0 Å². The van der Waals surface area contributed by atoms with Gasteiger partial charge in [-0.05, 0) is 35.4 Å². The predicted octanol–water partition coefficient (Wildman–Crippen LogP) is 3.20. The van der Waals surface area contributed by atoms with E-state index in [0.717, 1.165) is 17.4 Å². The van der Waals surface area contributed by atoms with Crippen LogP contribution in [0.5, 0.6) is 0 Å². The lowest BCUT2D eigenvalue weighted by molar-refractivity contribution is 0.587. The second-order valence-electron chi connectivity index (χ2n) is 4.42. The standard InChI is InChI=1S/C14H13ClFNO2S/c1-20(18,19)17-9-10-3-2-4-11(7-10)13-8-12(16)5-6-14(13)15/h2-8,17H,9H2,1H3. The van der Waals surface area contributed by atoms with Crippen molar-refractivity contribution in [1.82, 2.24) is 4.72 Å². The van der Waals surface area contributed by atoms with E-state index in [0.29, 0.717) is 10.6 Å². The summed E-state index contributed by atoms with van der Waals surface area (Å²) in [6.07, 6.45) is 1.10. The zero-order valence-corrected chi connectivity index (χ0v) is 12.3. The zero-order valence-electron chi connectivity index (χ0n) is 10.7.